The Morgan fingerprint density at radius 2 is 2.03 bits per heavy atom. The summed E-state index contributed by atoms with van der Waals surface area (Å²) in [4.78, 5) is 29.8. The summed E-state index contributed by atoms with van der Waals surface area (Å²) in [6.45, 7) is 1.69. The number of benzene rings is 2. The van der Waals surface area contributed by atoms with E-state index in [0.717, 1.165) is 23.9 Å². The fraction of sp³-hybridized carbons (Fsp3) is 0.125. The molecule has 2 aromatic carbocycles. The Bertz CT molecular complexity index is 1490. The van der Waals surface area contributed by atoms with Gasteiger partial charge in [-0.05, 0) is 53.3 Å². The number of amides is 2. The van der Waals surface area contributed by atoms with E-state index in [-0.39, 0.29) is 11.1 Å². The monoisotopic (exact) mass is 578 g/mol. The molecule has 0 aliphatic heterocycles. The molecule has 4 aromatic rings. The second-order valence-corrected chi connectivity index (χ2v) is 10.0. The number of alkyl halides is 3. The number of carbonyl (C=O) groups excluding carboxylic acids is 2. The van der Waals surface area contributed by atoms with E-state index in [4.69, 9.17) is 11.6 Å². The number of thiophene rings is 1. The largest absolute Gasteiger partial charge is 0.417 e. The number of rotatable bonds is 8. The van der Waals surface area contributed by atoms with Gasteiger partial charge < -0.3 is 5.32 Å². The Hall–Kier alpha value is -3.68. The van der Waals surface area contributed by atoms with Gasteiger partial charge in [0.15, 0.2) is 0 Å². The molecule has 38 heavy (non-hydrogen) atoms. The van der Waals surface area contributed by atoms with Gasteiger partial charge >= 0.3 is 6.18 Å². The molecule has 4 rings (SSSR count). The van der Waals surface area contributed by atoms with E-state index < -0.39 is 28.6 Å². The molecule has 0 saturated heterocycles. The van der Waals surface area contributed by atoms with Crippen molar-refractivity contribution in [3.63, 3.8) is 0 Å². The van der Waals surface area contributed by atoms with Crippen molar-refractivity contribution in [1.82, 2.24) is 20.6 Å². The third-order valence-electron chi connectivity index (χ3n) is 5.05. The lowest BCUT2D eigenvalue weighted by Gasteiger charge is -2.09. The first-order valence-electron chi connectivity index (χ1n) is 10.8. The second kappa shape index (κ2) is 11.8. The first kappa shape index (κ1) is 27.4. The molecule has 0 saturated carbocycles. The number of hydrogen-bond acceptors (Lipinski definition) is 7. The first-order valence-corrected chi connectivity index (χ1v) is 13.0. The molecular weight excluding hydrogens is 561 g/mol. The average molecular weight is 579 g/mol. The Morgan fingerprint density at radius 3 is 2.76 bits per heavy atom. The summed E-state index contributed by atoms with van der Waals surface area (Å²) in [7, 11) is 0. The summed E-state index contributed by atoms with van der Waals surface area (Å²) in [5.41, 5.74) is 3.47. The quantitative estimate of drug-likeness (QED) is 0.132. The van der Waals surface area contributed by atoms with E-state index in [1.807, 2.05) is 6.07 Å². The molecule has 0 atom stereocenters. The van der Waals surface area contributed by atoms with Crippen molar-refractivity contribution < 1.29 is 22.8 Å². The smallest absolute Gasteiger partial charge is 0.313 e. The lowest BCUT2D eigenvalue weighted by atomic mass is 10.1. The van der Waals surface area contributed by atoms with Crippen molar-refractivity contribution in [2.24, 2.45) is 5.10 Å². The van der Waals surface area contributed by atoms with E-state index in [9.17, 15) is 22.8 Å². The van der Waals surface area contributed by atoms with Crippen LogP contribution in [0.25, 0.3) is 0 Å². The van der Waals surface area contributed by atoms with Crippen molar-refractivity contribution in [2.75, 3.05) is 5.32 Å². The Morgan fingerprint density at radius 1 is 1.21 bits per heavy atom. The fourth-order valence-electron chi connectivity index (χ4n) is 3.27. The van der Waals surface area contributed by atoms with Crippen LogP contribution in [-0.2, 0) is 11.9 Å². The average Bonchev–Trinajstić information content (AvgIpc) is 3.53. The van der Waals surface area contributed by atoms with Gasteiger partial charge in [-0.1, -0.05) is 41.6 Å². The summed E-state index contributed by atoms with van der Waals surface area (Å²) in [6, 6.07) is 10.3. The summed E-state index contributed by atoms with van der Waals surface area (Å²) >= 11 is 8.20. The standard InChI is InChI=1S/C24H18ClF3N6O2S2/c1-13-10-37-22(32-20(35)16-4-2-3-15(7-16)11-38-23-29-12-31-34-23)19(13)21(36)33-30-9-14-5-6-18(25)17(8-14)24(26,27)28/h2-10,12H,11H2,1H3,(H,32,35)(H,33,36)(H,29,31,34)/b30-9+. The van der Waals surface area contributed by atoms with Crippen LogP contribution in [0.4, 0.5) is 18.2 Å². The molecule has 3 N–H and O–H groups in total. The van der Waals surface area contributed by atoms with Gasteiger partial charge in [0.05, 0.1) is 22.4 Å². The Kier molecular flexibility index (Phi) is 8.49. The lowest BCUT2D eigenvalue weighted by molar-refractivity contribution is -0.137. The zero-order chi connectivity index (χ0) is 27.3. The number of thioether (sulfide) groups is 1. The van der Waals surface area contributed by atoms with Crippen molar-refractivity contribution in [3.05, 3.63) is 92.6 Å². The molecule has 2 heterocycles. The number of nitrogens with zero attached hydrogens (tertiary/aromatic N) is 3. The van der Waals surface area contributed by atoms with Crippen LogP contribution >= 0.6 is 34.7 Å². The van der Waals surface area contributed by atoms with Crippen LogP contribution in [0, 0.1) is 6.92 Å². The molecule has 2 aromatic heterocycles. The molecule has 2 amide bonds. The van der Waals surface area contributed by atoms with Gasteiger partial charge in [-0.15, -0.1) is 16.4 Å². The van der Waals surface area contributed by atoms with Crippen molar-refractivity contribution in [2.45, 2.75) is 24.0 Å². The van der Waals surface area contributed by atoms with Gasteiger partial charge in [0, 0.05) is 11.3 Å². The SMILES string of the molecule is Cc1csc(NC(=O)c2cccc(CSc3nc[nH]n3)c2)c1C(=O)N/N=C/c1ccc(Cl)c(C(F)(F)F)c1. The lowest BCUT2D eigenvalue weighted by Crippen LogP contribution is -2.21. The van der Waals surface area contributed by atoms with Crippen LogP contribution in [0.15, 0.2) is 64.4 Å². The van der Waals surface area contributed by atoms with Gasteiger partial charge in [0.25, 0.3) is 11.8 Å². The van der Waals surface area contributed by atoms with Crippen molar-refractivity contribution in [1.29, 1.82) is 0 Å². The molecule has 0 spiro atoms. The number of nitrogens with one attached hydrogen (secondary N) is 3. The first-order chi connectivity index (χ1) is 18.1. The molecule has 0 unspecified atom stereocenters. The minimum absolute atomic E-state index is 0.0960. The van der Waals surface area contributed by atoms with E-state index >= 15 is 0 Å². The highest BCUT2D eigenvalue weighted by molar-refractivity contribution is 7.98. The number of aromatic amines is 1. The number of hydrazone groups is 1. The van der Waals surface area contributed by atoms with Crippen LogP contribution in [0.1, 0.15) is 43.0 Å². The topological polar surface area (TPSA) is 112 Å². The van der Waals surface area contributed by atoms with Crippen LogP contribution in [0.3, 0.4) is 0 Å². The number of halogens is 4. The van der Waals surface area contributed by atoms with Crippen LogP contribution in [0.2, 0.25) is 5.02 Å². The maximum atomic E-state index is 13.1. The third kappa shape index (κ3) is 6.79. The Labute approximate surface area is 227 Å². The van der Waals surface area contributed by atoms with Crippen LogP contribution in [0.5, 0.6) is 0 Å². The summed E-state index contributed by atoms with van der Waals surface area (Å²) < 4.78 is 39.2. The van der Waals surface area contributed by atoms with Crippen molar-refractivity contribution in [3.8, 4) is 0 Å². The van der Waals surface area contributed by atoms with Gasteiger partial charge in [-0.3, -0.25) is 14.7 Å². The molecule has 0 aliphatic carbocycles. The van der Waals surface area contributed by atoms with Gasteiger partial charge in [-0.25, -0.2) is 10.4 Å². The molecule has 8 nitrogen and oxygen atoms in total. The molecule has 14 heteroatoms. The van der Waals surface area contributed by atoms with E-state index in [1.165, 1.54) is 35.5 Å². The summed E-state index contributed by atoms with van der Waals surface area (Å²) in [5.74, 6) is -0.479. The highest BCUT2D eigenvalue weighted by atomic mass is 35.5. The number of H-pyrrole nitrogens is 1. The normalized spacial score (nSPS) is 11.6. The van der Waals surface area contributed by atoms with Gasteiger partial charge in [0.1, 0.15) is 11.3 Å². The maximum absolute atomic E-state index is 13.1. The number of aromatic nitrogens is 3. The van der Waals surface area contributed by atoms with E-state index in [1.54, 1.807) is 30.5 Å². The highest BCUT2D eigenvalue weighted by Crippen LogP contribution is 2.35. The maximum Gasteiger partial charge on any atom is 0.417 e. The number of anilines is 1. The fourth-order valence-corrected chi connectivity index (χ4v) is 5.15. The number of hydrogen-bond donors (Lipinski definition) is 3. The molecule has 0 radical (unpaired) electrons. The van der Waals surface area contributed by atoms with Gasteiger partial charge in [-0.2, -0.15) is 18.3 Å². The zero-order valence-electron chi connectivity index (χ0n) is 19.5. The van der Waals surface area contributed by atoms with Crippen molar-refractivity contribution >= 4 is 57.7 Å². The Balaban J connectivity index is 1.42. The van der Waals surface area contributed by atoms with Crippen LogP contribution in [-0.4, -0.2) is 33.2 Å². The zero-order valence-corrected chi connectivity index (χ0v) is 21.9. The van der Waals surface area contributed by atoms with E-state index in [0.29, 0.717) is 27.0 Å². The molecule has 0 fully saturated rings. The number of aryl methyl sites for hydroxylation is 1. The van der Waals surface area contributed by atoms with E-state index in [2.05, 4.69) is 31.0 Å². The second-order valence-electron chi connectivity index (χ2n) is 7.78. The van der Waals surface area contributed by atoms with Crippen LogP contribution < -0.4 is 10.7 Å². The van der Waals surface area contributed by atoms with Gasteiger partial charge in [0.2, 0.25) is 5.16 Å². The summed E-state index contributed by atoms with van der Waals surface area (Å²) in [5, 5.41) is 15.3. The minimum Gasteiger partial charge on any atom is -0.313 e. The molecule has 0 aliphatic rings. The summed E-state index contributed by atoms with van der Waals surface area (Å²) in [6.07, 6.45) is -2.07. The molecular formula is C24H18ClF3N6O2S2. The minimum atomic E-state index is -4.62. The predicted molar refractivity (Wildman–Crippen MR) is 141 cm³/mol. The molecule has 0 bridgehead atoms. The number of carbonyl (C=O) groups is 2. The third-order valence-corrected chi connectivity index (χ3v) is 7.33. The molecule has 196 valence electrons. The predicted octanol–water partition coefficient (Wildman–Crippen LogP) is 6.16. The highest BCUT2D eigenvalue weighted by Gasteiger charge is 2.33.